The maximum absolute atomic E-state index is 13.0. The van der Waals surface area contributed by atoms with Gasteiger partial charge in [-0.3, -0.25) is 4.79 Å². The van der Waals surface area contributed by atoms with Gasteiger partial charge in [0.2, 0.25) is 0 Å². The first-order valence-electron chi connectivity index (χ1n) is 4.36. The molecule has 15 heavy (non-hydrogen) atoms. The number of halogens is 3. The van der Waals surface area contributed by atoms with Crippen molar-refractivity contribution in [3.05, 3.63) is 35.1 Å². The van der Waals surface area contributed by atoms with Gasteiger partial charge in [0, 0.05) is 12.5 Å². The molecule has 0 heterocycles. The number of benzene rings is 1. The Hall–Kier alpha value is -1.52. The lowest BCUT2D eigenvalue weighted by Crippen LogP contribution is -1.99. The monoisotopic (exact) mass is 218 g/mol. The molecule has 1 rings (SSSR count). The van der Waals surface area contributed by atoms with Crippen LogP contribution < -0.4 is 0 Å². The van der Waals surface area contributed by atoms with Gasteiger partial charge in [-0.15, -0.1) is 0 Å². The molecular weight excluding hydrogens is 209 g/mol. The zero-order valence-electron chi connectivity index (χ0n) is 7.77. The van der Waals surface area contributed by atoms with E-state index in [-0.39, 0.29) is 24.8 Å². The molecule has 0 aliphatic rings. The molecule has 82 valence electrons. The number of hydrogen-bond acceptors (Lipinski definition) is 1. The number of aryl methyl sites for hydroxylation is 1. The Morgan fingerprint density at radius 2 is 1.73 bits per heavy atom. The molecule has 0 amide bonds. The van der Waals surface area contributed by atoms with Gasteiger partial charge in [0.1, 0.15) is 5.82 Å². The van der Waals surface area contributed by atoms with E-state index in [2.05, 4.69) is 0 Å². The van der Waals surface area contributed by atoms with Crippen molar-refractivity contribution in [1.82, 2.24) is 0 Å². The lowest BCUT2D eigenvalue weighted by molar-refractivity contribution is -0.137. The summed E-state index contributed by atoms with van der Waals surface area (Å²) in [5, 5.41) is 8.33. The summed E-state index contributed by atoms with van der Waals surface area (Å²) in [6, 6.07) is 1.22. The Labute approximate surface area is 84.3 Å². The lowest BCUT2D eigenvalue weighted by Gasteiger charge is -2.02. The van der Waals surface area contributed by atoms with Crippen LogP contribution in [0.2, 0.25) is 0 Å². The molecular formula is C10H9F3O2. The summed E-state index contributed by atoms with van der Waals surface area (Å²) in [6.07, 6.45) is 0.144. The van der Waals surface area contributed by atoms with Crippen LogP contribution in [-0.4, -0.2) is 11.1 Å². The van der Waals surface area contributed by atoms with Crippen LogP contribution in [0.3, 0.4) is 0 Å². The third-order valence-corrected chi connectivity index (χ3v) is 1.93. The van der Waals surface area contributed by atoms with E-state index in [0.29, 0.717) is 6.07 Å². The number of aliphatic carboxylic acids is 1. The molecule has 1 aromatic rings. The molecule has 5 heteroatoms. The quantitative estimate of drug-likeness (QED) is 0.788. The second-order valence-electron chi connectivity index (χ2n) is 3.11. The molecule has 1 aromatic carbocycles. The van der Waals surface area contributed by atoms with Crippen molar-refractivity contribution < 1.29 is 23.1 Å². The van der Waals surface area contributed by atoms with Gasteiger partial charge in [-0.25, -0.2) is 13.2 Å². The van der Waals surface area contributed by atoms with Crippen LogP contribution in [0.5, 0.6) is 0 Å². The average Bonchev–Trinajstić information content (AvgIpc) is 2.13. The zero-order valence-corrected chi connectivity index (χ0v) is 7.77. The average molecular weight is 218 g/mol. The largest absolute Gasteiger partial charge is 0.481 e. The highest BCUT2D eigenvalue weighted by atomic mass is 19.2. The third-order valence-electron chi connectivity index (χ3n) is 1.93. The first kappa shape index (κ1) is 11.6. The molecule has 0 saturated carbocycles. The number of carboxylic acids is 1. The Morgan fingerprint density at radius 3 is 2.33 bits per heavy atom. The summed E-state index contributed by atoms with van der Waals surface area (Å²) in [7, 11) is 0. The number of carbonyl (C=O) groups is 1. The van der Waals surface area contributed by atoms with Crippen LogP contribution in [0.1, 0.15) is 18.4 Å². The first-order chi connectivity index (χ1) is 7.00. The van der Waals surface area contributed by atoms with Gasteiger partial charge in [-0.2, -0.15) is 0 Å². The highest BCUT2D eigenvalue weighted by molar-refractivity contribution is 5.66. The number of rotatable bonds is 4. The van der Waals surface area contributed by atoms with E-state index in [9.17, 15) is 18.0 Å². The SMILES string of the molecule is O=C(O)CCCc1cc(F)c(F)cc1F. The summed E-state index contributed by atoms with van der Waals surface area (Å²) in [6.45, 7) is 0. The topological polar surface area (TPSA) is 37.3 Å². The molecule has 0 fully saturated rings. The molecule has 0 radical (unpaired) electrons. The van der Waals surface area contributed by atoms with Crippen LogP contribution in [0, 0.1) is 17.5 Å². The molecule has 0 aromatic heterocycles. The predicted molar refractivity (Wildman–Crippen MR) is 46.9 cm³/mol. The van der Waals surface area contributed by atoms with Crippen molar-refractivity contribution in [2.45, 2.75) is 19.3 Å². The van der Waals surface area contributed by atoms with E-state index in [0.717, 1.165) is 6.07 Å². The molecule has 0 spiro atoms. The van der Waals surface area contributed by atoms with Gasteiger partial charge in [0.05, 0.1) is 0 Å². The predicted octanol–water partition coefficient (Wildman–Crippen LogP) is 2.51. The van der Waals surface area contributed by atoms with E-state index in [1.165, 1.54) is 0 Å². The Kier molecular flexibility index (Phi) is 3.71. The minimum Gasteiger partial charge on any atom is -0.481 e. The Bertz CT molecular complexity index is 377. The van der Waals surface area contributed by atoms with Crippen LogP contribution >= 0.6 is 0 Å². The van der Waals surface area contributed by atoms with Crippen molar-refractivity contribution in [2.75, 3.05) is 0 Å². The first-order valence-corrected chi connectivity index (χ1v) is 4.36. The summed E-state index contributed by atoms with van der Waals surface area (Å²) in [5.74, 6) is -4.21. The second kappa shape index (κ2) is 4.82. The van der Waals surface area contributed by atoms with Crippen LogP contribution in [0.4, 0.5) is 13.2 Å². The lowest BCUT2D eigenvalue weighted by atomic mass is 10.1. The fourth-order valence-electron chi connectivity index (χ4n) is 1.19. The fraction of sp³-hybridized carbons (Fsp3) is 0.300. The van der Waals surface area contributed by atoms with Gasteiger partial charge in [0.25, 0.3) is 0 Å². The van der Waals surface area contributed by atoms with Gasteiger partial charge < -0.3 is 5.11 Å². The smallest absolute Gasteiger partial charge is 0.303 e. The molecule has 0 bridgehead atoms. The third kappa shape index (κ3) is 3.27. The van der Waals surface area contributed by atoms with Crippen molar-refractivity contribution in [3.63, 3.8) is 0 Å². The Morgan fingerprint density at radius 1 is 1.13 bits per heavy atom. The Balaban J connectivity index is 2.69. The molecule has 1 N–H and O–H groups in total. The highest BCUT2D eigenvalue weighted by Crippen LogP contribution is 2.15. The van der Waals surface area contributed by atoms with Crippen molar-refractivity contribution in [2.24, 2.45) is 0 Å². The zero-order chi connectivity index (χ0) is 11.4. The van der Waals surface area contributed by atoms with Gasteiger partial charge >= 0.3 is 5.97 Å². The molecule has 0 unspecified atom stereocenters. The number of hydrogen-bond donors (Lipinski definition) is 1. The highest BCUT2D eigenvalue weighted by Gasteiger charge is 2.09. The van der Waals surface area contributed by atoms with E-state index >= 15 is 0 Å². The van der Waals surface area contributed by atoms with Gasteiger partial charge in [-0.05, 0) is 24.5 Å². The second-order valence-corrected chi connectivity index (χ2v) is 3.11. The molecule has 0 saturated heterocycles. The van der Waals surface area contributed by atoms with Crippen molar-refractivity contribution >= 4 is 5.97 Å². The minimum absolute atomic E-state index is 0.00449. The van der Waals surface area contributed by atoms with Gasteiger partial charge in [0.15, 0.2) is 11.6 Å². The molecule has 0 aliphatic heterocycles. The van der Waals surface area contributed by atoms with Gasteiger partial charge in [-0.1, -0.05) is 0 Å². The van der Waals surface area contributed by atoms with E-state index in [1.807, 2.05) is 0 Å². The van der Waals surface area contributed by atoms with Crippen molar-refractivity contribution in [1.29, 1.82) is 0 Å². The normalized spacial score (nSPS) is 10.3. The van der Waals surface area contributed by atoms with E-state index in [4.69, 9.17) is 5.11 Å². The standard InChI is InChI=1S/C10H9F3O2/c11-7-5-9(13)8(12)4-6(7)2-1-3-10(14)15/h4-5H,1-3H2,(H,14,15). The fourth-order valence-corrected chi connectivity index (χ4v) is 1.19. The molecule has 0 aliphatic carbocycles. The molecule has 2 nitrogen and oxygen atoms in total. The van der Waals surface area contributed by atoms with Crippen LogP contribution in [0.25, 0.3) is 0 Å². The minimum atomic E-state index is -1.24. The van der Waals surface area contributed by atoms with E-state index < -0.39 is 23.4 Å². The maximum atomic E-state index is 13.0. The van der Waals surface area contributed by atoms with E-state index in [1.54, 1.807) is 0 Å². The summed E-state index contributed by atoms with van der Waals surface area (Å²) >= 11 is 0. The summed E-state index contributed by atoms with van der Waals surface area (Å²) in [4.78, 5) is 10.2. The van der Waals surface area contributed by atoms with Crippen LogP contribution in [0.15, 0.2) is 12.1 Å². The maximum Gasteiger partial charge on any atom is 0.303 e. The van der Waals surface area contributed by atoms with Crippen LogP contribution in [-0.2, 0) is 11.2 Å². The summed E-state index contributed by atoms with van der Waals surface area (Å²) < 4.78 is 38.2. The number of carboxylic acid groups (broad SMARTS) is 1. The molecule has 0 atom stereocenters. The van der Waals surface area contributed by atoms with Crippen molar-refractivity contribution in [3.8, 4) is 0 Å². The summed E-state index contributed by atoms with van der Waals surface area (Å²) in [5.41, 5.74) is -0.00449.